The molecule has 192 valence electrons. The second-order valence-corrected chi connectivity index (χ2v) is 8.38. The first kappa shape index (κ1) is 25.5. The number of aryl methyl sites for hydroxylation is 1. The zero-order chi connectivity index (χ0) is 26.5. The van der Waals surface area contributed by atoms with Gasteiger partial charge in [0.15, 0.2) is 12.3 Å². The SMILES string of the molecule is Cc1cc(=O)oc2cc(OCC(=O)N(CCCO)c3c(N)n(Cc4ccccc4)c(=O)[nH]c3=O)ccc12. The molecule has 4 aromatic rings. The number of aliphatic hydroxyl groups is 1. The number of amides is 1. The summed E-state index contributed by atoms with van der Waals surface area (Å²) in [6.45, 7) is 1.09. The van der Waals surface area contributed by atoms with Crippen LogP contribution < -0.4 is 32.2 Å². The van der Waals surface area contributed by atoms with Crippen LogP contribution in [-0.2, 0) is 11.3 Å². The number of nitrogens with zero attached hydrogens (tertiary/aromatic N) is 2. The van der Waals surface area contributed by atoms with Gasteiger partial charge < -0.3 is 24.9 Å². The number of nitrogens with two attached hydrogens (primary N) is 1. The van der Waals surface area contributed by atoms with E-state index in [2.05, 4.69) is 4.98 Å². The number of fused-ring (bicyclic) bond motifs is 1. The van der Waals surface area contributed by atoms with Crippen molar-refractivity contribution in [3.05, 3.63) is 97.0 Å². The summed E-state index contributed by atoms with van der Waals surface area (Å²) in [5.41, 5.74) is 5.80. The number of rotatable bonds is 9. The summed E-state index contributed by atoms with van der Waals surface area (Å²) in [4.78, 5) is 53.5. The number of aliphatic hydroxyl groups excluding tert-OH is 1. The molecule has 11 nitrogen and oxygen atoms in total. The average molecular weight is 507 g/mol. The minimum absolute atomic E-state index is 0.0404. The maximum atomic E-state index is 13.2. The van der Waals surface area contributed by atoms with Gasteiger partial charge in [-0.2, -0.15) is 0 Å². The fraction of sp³-hybridized carbons (Fsp3) is 0.231. The van der Waals surface area contributed by atoms with E-state index in [1.807, 2.05) is 6.07 Å². The van der Waals surface area contributed by atoms with Crippen LogP contribution in [0.4, 0.5) is 11.5 Å². The van der Waals surface area contributed by atoms with Gasteiger partial charge in [-0.3, -0.25) is 19.1 Å². The average Bonchev–Trinajstić information content (AvgIpc) is 2.87. The fourth-order valence-corrected chi connectivity index (χ4v) is 3.97. The minimum atomic E-state index is -0.832. The third kappa shape index (κ3) is 5.62. The van der Waals surface area contributed by atoms with E-state index >= 15 is 0 Å². The van der Waals surface area contributed by atoms with E-state index in [1.54, 1.807) is 43.3 Å². The van der Waals surface area contributed by atoms with E-state index < -0.39 is 29.4 Å². The number of hydrogen-bond donors (Lipinski definition) is 3. The molecule has 4 N–H and O–H groups in total. The lowest BCUT2D eigenvalue weighted by Crippen LogP contribution is -2.43. The summed E-state index contributed by atoms with van der Waals surface area (Å²) in [5.74, 6) is -0.541. The van der Waals surface area contributed by atoms with E-state index in [4.69, 9.17) is 14.9 Å². The molecule has 0 bridgehead atoms. The smallest absolute Gasteiger partial charge is 0.336 e. The Kier molecular flexibility index (Phi) is 7.54. The number of aromatic nitrogens is 2. The number of nitrogens with one attached hydrogen (secondary N) is 1. The molecule has 0 aliphatic carbocycles. The van der Waals surface area contributed by atoms with Crippen molar-refractivity contribution in [2.75, 3.05) is 30.4 Å². The molecule has 37 heavy (non-hydrogen) atoms. The molecule has 0 atom stereocenters. The van der Waals surface area contributed by atoms with Gasteiger partial charge >= 0.3 is 11.3 Å². The third-order valence-corrected chi connectivity index (χ3v) is 5.79. The predicted molar refractivity (Wildman–Crippen MR) is 138 cm³/mol. The van der Waals surface area contributed by atoms with Gasteiger partial charge in [0.1, 0.15) is 17.2 Å². The second-order valence-electron chi connectivity index (χ2n) is 8.38. The number of carbonyl (C=O) groups is 1. The Balaban J connectivity index is 1.63. The van der Waals surface area contributed by atoms with E-state index in [9.17, 15) is 24.3 Å². The van der Waals surface area contributed by atoms with Crippen LogP contribution in [0.15, 0.2) is 73.4 Å². The van der Waals surface area contributed by atoms with Gasteiger partial charge in [0.25, 0.3) is 11.5 Å². The highest BCUT2D eigenvalue weighted by molar-refractivity contribution is 5.96. The van der Waals surface area contributed by atoms with Crippen LogP contribution in [0, 0.1) is 6.92 Å². The molecule has 0 unspecified atom stereocenters. The monoisotopic (exact) mass is 506 g/mol. The van der Waals surface area contributed by atoms with Crippen LogP contribution in [0.5, 0.6) is 5.75 Å². The van der Waals surface area contributed by atoms with Crippen molar-refractivity contribution in [2.45, 2.75) is 19.9 Å². The summed E-state index contributed by atoms with van der Waals surface area (Å²) < 4.78 is 12.0. The quantitative estimate of drug-likeness (QED) is 0.287. The van der Waals surface area contributed by atoms with Crippen molar-refractivity contribution in [2.24, 2.45) is 0 Å². The lowest BCUT2D eigenvalue weighted by molar-refractivity contribution is -0.120. The van der Waals surface area contributed by atoms with Crippen LogP contribution in [0.2, 0.25) is 0 Å². The molecule has 0 spiro atoms. The van der Waals surface area contributed by atoms with Crippen molar-refractivity contribution in [3.8, 4) is 5.75 Å². The molecule has 11 heteroatoms. The number of benzene rings is 2. The van der Waals surface area contributed by atoms with E-state index in [1.165, 1.54) is 16.7 Å². The molecule has 0 saturated heterocycles. The lowest BCUT2D eigenvalue weighted by Gasteiger charge is -2.24. The molecule has 2 heterocycles. The molecule has 4 rings (SSSR count). The summed E-state index contributed by atoms with van der Waals surface area (Å²) in [5, 5.41) is 10.1. The first-order chi connectivity index (χ1) is 17.8. The first-order valence-corrected chi connectivity index (χ1v) is 11.5. The van der Waals surface area contributed by atoms with Crippen LogP contribution in [0.1, 0.15) is 17.5 Å². The number of hydrogen-bond acceptors (Lipinski definition) is 8. The third-order valence-electron chi connectivity index (χ3n) is 5.79. The number of H-pyrrole nitrogens is 1. The first-order valence-electron chi connectivity index (χ1n) is 11.5. The molecule has 0 fully saturated rings. The molecule has 0 aliphatic rings. The number of nitrogen functional groups attached to an aromatic ring is 1. The van der Waals surface area contributed by atoms with Gasteiger partial charge in [-0.1, -0.05) is 30.3 Å². The Morgan fingerprint density at radius 1 is 1.14 bits per heavy atom. The van der Waals surface area contributed by atoms with E-state index in [0.717, 1.165) is 21.4 Å². The van der Waals surface area contributed by atoms with E-state index in [0.29, 0.717) is 5.58 Å². The van der Waals surface area contributed by atoms with Gasteiger partial charge in [-0.25, -0.2) is 9.59 Å². The van der Waals surface area contributed by atoms with Crippen LogP contribution in [-0.4, -0.2) is 40.3 Å². The summed E-state index contributed by atoms with van der Waals surface area (Å²) in [6.07, 6.45) is 0.156. The van der Waals surface area contributed by atoms with Gasteiger partial charge in [-0.15, -0.1) is 0 Å². The standard InChI is InChI=1S/C26H26N4O7/c1-16-12-22(33)37-20-13-18(8-9-19(16)20)36-15-21(32)29(10-5-11-31)23-24(27)30(26(35)28-25(23)34)14-17-6-3-2-4-7-17/h2-4,6-9,12-13,31H,5,10-11,14-15,27H2,1H3,(H,28,34,35). The fourth-order valence-electron chi connectivity index (χ4n) is 3.97. The van der Waals surface area contributed by atoms with Crippen molar-refractivity contribution in [3.63, 3.8) is 0 Å². The second kappa shape index (κ2) is 11.0. The number of carbonyl (C=O) groups excluding carboxylic acids is 1. The number of aromatic amines is 1. The minimum Gasteiger partial charge on any atom is -0.484 e. The van der Waals surface area contributed by atoms with Crippen molar-refractivity contribution >= 4 is 28.4 Å². The normalized spacial score (nSPS) is 11.0. The highest BCUT2D eigenvalue weighted by Gasteiger charge is 2.24. The molecule has 0 aliphatic heterocycles. The van der Waals surface area contributed by atoms with Gasteiger partial charge in [0, 0.05) is 30.7 Å². The predicted octanol–water partition coefficient (Wildman–Crippen LogP) is 1.38. The van der Waals surface area contributed by atoms with Gasteiger partial charge in [0.05, 0.1) is 6.54 Å². The lowest BCUT2D eigenvalue weighted by atomic mass is 10.1. The van der Waals surface area contributed by atoms with Crippen LogP contribution in [0.3, 0.4) is 0 Å². The number of anilines is 2. The highest BCUT2D eigenvalue weighted by atomic mass is 16.5. The summed E-state index contributed by atoms with van der Waals surface area (Å²) in [6, 6.07) is 15.2. The zero-order valence-corrected chi connectivity index (χ0v) is 20.1. The maximum absolute atomic E-state index is 13.2. The molecule has 2 aromatic heterocycles. The molecule has 2 aromatic carbocycles. The Bertz CT molecular complexity index is 1610. The molecule has 0 saturated carbocycles. The Labute approximate surface area is 210 Å². The molecular weight excluding hydrogens is 480 g/mol. The van der Waals surface area contributed by atoms with Gasteiger partial charge in [0.2, 0.25) is 0 Å². The van der Waals surface area contributed by atoms with Gasteiger partial charge in [-0.05, 0) is 36.6 Å². The molecule has 0 radical (unpaired) electrons. The topological polar surface area (TPSA) is 161 Å². The number of ether oxygens (including phenoxy) is 1. The summed E-state index contributed by atoms with van der Waals surface area (Å²) >= 11 is 0. The van der Waals surface area contributed by atoms with Crippen LogP contribution >= 0.6 is 0 Å². The Hall–Kier alpha value is -4.64. The largest absolute Gasteiger partial charge is 0.484 e. The van der Waals surface area contributed by atoms with Crippen molar-refractivity contribution in [1.82, 2.24) is 9.55 Å². The van der Waals surface area contributed by atoms with Crippen molar-refractivity contribution in [1.29, 1.82) is 0 Å². The summed E-state index contributed by atoms with van der Waals surface area (Å²) in [7, 11) is 0. The Morgan fingerprint density at radius 3 is 2.62 bits per heavy atom. The maximum Gasteiger partial charge on any atom is 0.336 e. The van der Waals surface area contributed by atoms with Crippen LogP contribution in [0.25, 0.3) is 11.0 Å². The zero-order valence-electron chi connectivity index (χ0n) is 20.1. The highest BCUT2D eigenvalue weighted by Crippen LogP contribution is 2.23. The molecular formula is C26H26N4O7. The van der Waals surface area contributed by atoms with E-state index in [-0.39, 0.29) is 43.4 Å². The molecule has 1 amide bonds. The van der Waals surface area contributed by atoms with Crippen molar-refractivity contribution < 1.29 is 19.1 Å². The Morgan fingerprint density at radius 2 is 1.89 bits per heavy atom.